The van der Waals surface area contributed by atoms with Crippen LogP contribution in [0.15, 0.2) is 35.3 Å². The van der Waals surface area contributed by atoms with Crippen molar-refractivity contribution in [3.8, 4) is 0 Å². The molecule has 0 aliphatic carbocycles. The van der Waals surface area contributed by atoms with Crippen LogP contribution in [0.3, 0.4) is 0 Å². The Morgan fingerprint density at radius 1 is 1.21 bits per heavy atom. The summed E-state index contributed by atoms with van der Waals surface area (Å²) in [5.41, 5.74) is 0.944. The fourth-order valence-electron chi connectivity index (χ4n) is 3.73. The third kappa shape index (κ3) is 6.95. The van der Waals surface area contributed by atoms with E-state index in [1.807, 2.05) is 37.3 Å². The van der Waals surface area contributed by atoms with Gasteiger partial charge in [0.2, 0.25) is 10.0 Å². The predicted octanol–water partition coefficient (Wildman–Crippen LogP) is 0.478. The summed E-state index contributed by atoms with van der Waals surface area (Å²) >= 11 is 0. The third-order valence-electron chi connectivity index (χ3n) is 5.32. The highest BCUT2D eigenvalue weighted by Gasteiger charge is 2.30. The van der Waals surface area contributed by atoms with Crippen molar-refractivity contribution in [2.75, 3.05) is 58.2 Å². The van der Waals surface area contributed by atoms with Crippen LogP contribution >= 0.6 is 0 Å². The first-order chi connectivity index (χ1) is 14.1. The van der Waals surface area contributed by atoms with Crippen LogP contribution in [-0.2, 0) is 21.3 Å². The minimum absolute atomic E-state index is 0.0184. The molecule has 1 aromatic rings. The minimum atomic E-state index is -3.37. The Hall–Kier alpha value is -1.68. The Bertz CT molecular complexity index is 751. The van der Waals surface area contributed by atoms with Crippen LogP contribution in [0.1, 0.15) is 18.9 Å². The van der Waals surface area contributed by atoms with E-state index in [2.05, 4.69) is 24.8 Å². The van der Waals surface area contributed by atoms with Gasteiger partial charge in [-0.3, -0.25) is 9.89 Å². The van der Waals surface area contributed by atoms with E-state index in [1.165, 1.54) is 0 Å². The Morgan fingerprint density at radius 2 is 1.97 bits per heavy atom. The van der Waals surface area contributed by atoms with E-state index in [4.69, 9.17) is 4.74 Å². The molecule has 2 N–H and O–H groups in total. The Morgan fingerprint density at radius 3 is 2.69 bits per heavy atom. The topological polar surface area (TPSA) is 86.3 Å². The number of likely N-dealkylation sites (tertiary alicyclic amines) is 1. The van der Waals surface area contributed by atoms with Crippen molar-refractivity contribution in [1.82, 2.24) is 19.8 Å². The first-order valence-electron chi connectivity index (χ1n) is 10.4. The molecule has 0 saturated carbocycles. The van der Waals surface area contributed by atoms with Gasteiger partial charge in [-0.25, -0.2) is 13.1 Å². The molecule has 0 spiro atoms. The van der Waals surface area contributed by atoms with Crippen LogP contribution in [0.4, 0.5) is 0 Å². The van der Waals surface area contributed by atoms with Gasteiger partial charge >= 0.3 is 0 Å². The van der Waals surface area contributed by atoms with Crippen molar-refractivity contribution in [1.29, 1.82) is 0 Å². The summed E-state index contributed by atoms with van der Waals surface area (Å²) in [6.07, 6.45) is 1.10. The molecule has 0 aromatic heterocycles. The van der Waals surface area contributed by atoms with E-state index in [1.54, 1.807) is 0 Å². The highest BCUT2D eigenvalue weighted by Crippen LogP contribution is 2.17. The van der Waals surface area contributed by atoms with Crippen LogP contribution in [-0.4, -0.2) is 88.5 Å². The highest BCUT2D eigenvalue weighted by atomic mass is 32.2. The average molecular weight is 424 g/mol. The minimum Gasteiger partial charge on any atom is -0.379 e. The molecule has 1 atom stereocenters. The third-order valence-corrected chi connectivity index (χ3v) is 6.62. The zero-order valence-electron chi connectivity index (χ0n) is 17.2. The van der Waals surface area contributed by atoms with Gasteiger partial charge in [0.25, 0.3) is 0 Å². The van der Waals surface area contributed by atoms with E-state index in [9.17, 15) is 8.42 Å². The second kappa shape index (κ2) is 10.9. The second-order valence-electron chi connectivity index (χ2n) is 7.40. The summed E-state index contributed by atoms with van der Waals surface area (Å²) in [5.74, 6) is 0.789. The molecule has 2 aliphatic heterocycles. The molecule has 1 unspecified atom stereocenters. The standard InChI is InChI=1S/C20H33N5O3S/c1-2-21-20(25-10-8-19(17-25)24-11-13-28-14-12-24)22-9-15-29(26,27)23-16-18-6-4-3-5-7-18/h3-7,19,23H,2,8-17H2,1H3,(H,21,22). The summed E-state index contributed by atoms with van der Waals surface area (Å²) in [6.45, 7) is 8.77. The molecular formula is C20H33N5O3S. The van der Waals surface area contributed by atoms with Crippen molar-refractivity contribution in [2.45, 2.75) is 25.9 Å². The highest BCUT2D eigenvalue weighted by molar-refractivity contribution is 7.89. The Kier molecular flexibility index (Phi) is 8.29. The summed E-state index contributed by atoms with van der Waals surface area (Å²) in [5, 5.41) is 3.31. The smallest absolute Gasteiger partial charge is 0.213 e. The monoisotopic (exact) mass is 423 g/mol. The molecule has 3 rings (SSSR count). The number of guanidine groups is 1. The number of benzene rings is 1. The van der Waals surface area contributed by atoms with Crippen LogP contribution < -0.4 is 10.0 Å². The number of morpholine rings is 1. The first-order valence-corrected chi connectivity index (χ1v) is 12.1. The molecule has 8 nitrogen and oxygen atoms in total. The summed E-state index contributed by atoms with van der Waals surface area (Å²) in [6, 6.07) is 10.0. The number of nitrogens with one attached hydrogen (secondary N) is 2. The predicted molar refractivity (Wildman–Crippen MR) is 115 cm³/mol. The van der Waals surface area contributed by atoms with E-state index in [0.29, 0.717) is 12.6 Å². The number of hydrogen-bond donors (Lipinski definition) is 2. The maximum Gasteiger partial charge on any atom is 0.213 e. The van der Waals surface area contributed by atoms with Crippen molar-refractivity contribution in [3.05, 3.63) is 35.9 Å². The van der Waals surface area contributed by atoms with Gasteiger partial charge in [-0.15, -0.1) is 0 Å². The Balaban J connectivity index is 1.49. The zero-order valence-corrected chi connectivity index (χ0v) is 18.0. The van der Waals surface area contributed by atoms with E-state index >= 15 is 0 Å². The molecule has 0 amide bonds. The number of hydrogen-bond acceptors (Lipinski definition) is 5. The molecule has 0 radical (unpaired) electrons. The summed E-state index contributed by atoms with van der Waals surface area (Å²) in [4.78, 5) is 9.32. The molecule has 1 aromatic carbocycles. The van der Waals surface area contributed by atoms with E-state index < -0.39 is 10.0 Å². The van der Waals surface area contributed by atoms with Crippen LogP contribution in [0.25, 0.3) is 0 Å². The van der Waals surface area contributed by atoms with Crippen molar-refractivity contribution in [2.24, 2.45) is 4.99 Å². The lowest BCUT2D eigenvalue weighted by molar-refractivity contribution is 0.0195. The molecule has 162 valence electrons. The molecule has 29 heavy (non-hydrogen) atoms. The van der Waals surface area contributed by atoms with Gasteiger partial charge < -0.3 is 15.0 Å². The fraction of sp³-hybridized carbons (Fsp3) is 0.650. The number of nitrogens with zero attached hydrogens (tertiary/aromatic N) is 3. The largest absolute Gasteiger partial charge is 0.379 e. The molecule has 0 bridgehead atoms. The average Bonchev–Trinajstić information content (AvgIpc) is 3.23. The lowest BCUT2D eigenvalue weighted by atomic mass is 10.2. The zero-order chi connectivity index (χ0) is 20.5. The molecule has 9 heteroatoms. The van der Waals surface area contributed by atoms with Gasteiger partial charge in [-0.1, -0.05) is 30.3 Å². The van der Waals surface area contributed by atoms with Gasteiger partial charge in [-0.05, 0) is 18.9 Å². The number of rotatable bonds is 8. The van der Waals surface area contributed by atoms with Gasteiger partial charge in [0.05, 0.1) is 25.5 Å². The number of ether oxygens (including phenoxy) is 1. The molecule has 2 fully saturated rings. The summed E-state index contributed by atoms with van der Waals surface area (Å²) < 4.78 is 32.7. The SMILES string of the molecule is CCNC(=NCCS(=O)(=O)NCc1ccccc1)N1CCC(N2CCOCC2)C1. The van der Waals surface area contributed by atoms with Gasteiger partial charge in [-0.2, -0.15) is 0 Å². The molecule has 2 heterocycles. The van der Waals surface area contributed by atoms with Crippen LogP contribution in [0.5, 0.6) is 0 Å². The molecule has 2 aliphatic rings. The molecule has 2 saturated heterocycles. The molecular weight excluding hydrogens is 390 g/mol. The van der Waals surface area contributed by atoms with Crippen LogP contribution in [0, 0.1) is 0 Å². The quantitative estimate of drug-likeness (QED) is 0.467. The van der Waals surface area contributed by atoms with E-state index in [0.717, 1.165) is 63.9 Å². The lowest BCUT2D eigenvalue weighted by Crippen LogP contribution is -2.46. The number of aliphatic imine (C=N–C) groups is 1. The fourth-order valence-corrected chi connectivity index (χ4v) is 4.60. The number of sulfonamides is 1. The van der Waals surface area contributed by atoms with Gasteiger partial charge in [0.1, 0.15) is 0 Å². The summed E-state index contributed by atoms with van der Waals surface area (Å²) in [7, 11) is -3.37. The van der Waals surface area contributed by atoms with E-state index in [-0.39, 0.29) is 12.3 Å². The van der Waals surface area contributed by atoms with Crippen molar-refractivity contribution >= 4 is 16.0 Å². The second-order valence-corrected chi connectivity index (χ2v) is 9.32. The van der Waals surface area contributed by atoms with Crippen LogP contribution in [0.2, 0.25) is 0 Å². The lowest BCUT2D eigenvalue weighted by Gasteiger charge is -2.32. The maximum atomic E-state index is 12.3. The van der Waals surface area contributed by atoms with Crippen molar-refractivity contribution in [3.63, 3.8) is 0 Å². The Labute approximate surface area is 174 Å². The van der Waals surface area contributed by atoms with Crippen molar-refractivity contribution < 1.29 is 13.2 Å². The normalized spacial score (nSPS) is 21.5. The van der Waals surface area contributed by atoms with Gasteiger partial charge in [0.15, 0.2) is 5.96 Å². The maximum absolute atomic E-state index is 12.3. The van der Waals surface area contributed by atoms with Gasteiger partial charge in [0, 0.05) is 45.3 Å². The first kappa shape index (κ1) is 22.0.